The lowest BCUT2D eigenvalue weighted by Gasteiger charge is -2.09. The Hall–Kier alpha value is -0.573. The van der Waals surface area contributed by atoms with E-state index in [0.29, 0.717) is 0 Å². The molecular formula is C5H11NOSi. The lowest BCUT2D eigenvalue weighted by molar-refractivity contribution is 0.265. The average molecular weight is 129 g/mol. The zero-order chi connectivity index (χ0) is 6.78. The Morgan fingerprint density at radius 1 is 1.75 bits per heavy atom. The Labute approximate surface area is 50.4 Å². The highest BCUT2D eigenvalue weighted by atomic mass is 28.3. The standard InChI is InChI=1S/C5H11NOSi/c1-4-8(2,3)5(6)7/h4H,1H2,2-3H3,(H2,6,7). The molecule has 0 bridgehead atoms. The van der Waals surface area contributed by atoms with Crippen molar-refractivity contribution in [2.45, 2.75) is 13.1 Å². The maximum Gasteiger partial charge on any atom is 0.193 e. The zero-order valence-electron chi connectivity index (χ0n) is 5.27. The third-order valence-corrected chi connectivity index (χ3v) is 3.44. The molecule has 2 N–H and O–H groups in total. The number of carbonyl (C=O) groups is 1. The molecular weight excluding hydrogens is 118 g/mol. The van der Waals surface area contributed by atoms with Crippen LogP contribution in [-0.4, -0.2) is 13.6 Å². The lowest BCUT2D eigenvalue weighted by atomic mass is 11.3. The topological polar surface area (TPSA) is 43.1 Å². The molecule has 0 heterocycles. The summed E-state index contributed by atoms with van der Waals surface area (Å²) >= 11 is 0. The van der Waals surface area contributed by atoms with E-state index in [-0.39, 0.29) is 5.53 Å². The van der Waals surface area contributed by atoms with Crippen LogP contribution >= 0.6 is 0 Å². The number of hydrogen-bond donors (Lipinski definition) is 1. The summed E-state index contributed by atoms with van der Waals surface area (Å²) in [6, 6.07) is 0. The molecule has 46 valence electrons. The number of primary amides is 1. The predicted octanol–water partition coefficient (Wildman–Crippen LogP) is 1.08. The van der Waals surface area contributed by atoms with Gasteiger partial charge in [-0.05, 0) is 0 Å². The summed E-state index contributed by atoms with van der Waals surface area (Å²) in [6.45, 7) is 7.24. The molecule has 0 radical (unpaired) electrons. The number of hydrogen-bond acceptors (Lipinski definition) is 1. The van der Waals surface area contributed by atoms with Crippen LogP contribution in [0.3, 0.4) is 0 Å². The zero-order valence-corrected chi connectivity index (χ0v) is 6.27. The maximum absolute atomic E-state index is 10.5. The van der Waals surface area contributed by atoms with Crippen LogP contribution in [0.25, 0.3) is 0 Å². The molecule has 0 aromatic rings. The van der Waals surface area contributed by atoms with Crippen molar-refractivity contribution in [3.8, 4) is 0 Å². The Kier molecular flexibility index (Phi) is 1.98. The van der Waals surface area contributed by atoms with Gasteiger partial charge in [0.25, 0.3) is 0 Å². The summed E-state index contributed by atoms with van der Waals surface area (Å²) in [5.41, 5.74) is 6.51. The summed E-state index contributed by atoms with van der Waals surface area (Å²) in [5.74, 6) is 0. The van der Waals surface area contributed by atoms with Crippen molar-refractivity contribution in [3.63, 3.8) is 0 Å². The first-order chi connectivity index (χ1) is 3.50. The van der Waals surface area contributed by atoms with Gasteiger partial charge < -0.3 is 5.73 Å². The number of nitrogens with two attached hydrogens (primary N) is 1. The first-order valence-corrected chi connectivity index (χ1v) is 5.52. The van der Waals surface area contributed by atoms with Gasteiger partial charge in [0.1, 0.15) is 0 Å². The van der Waals surface area contributed by atoms with Crippen LogP contribution in [0.15, 0.2) is 12.3 Å². The van der Waals surface area contributed by atoms with Gasteiger partial charge in [0.15, 0.2) is 13.6 Å². The average Bonchev–Trinajstić information content (AvgIpc) is 1.67. The molecule has 0 atom stereocenters. The normalized spacial score (nSPS) is 10.8. The molecule has 3 heteroatoms. The summed E-state index contributed by atoms with van der Waals surface area (Å²) in [4.78, 5) is 10.5. The van der Waals surface area contributed by atoms with Gasteiger partial charge >= 0.3 is 0 Å². The van der Waals surface area contributed by atoms with Crippen LogP contribution in [0, 0.1) is 0 Å². The van der Waals surface area contributed by atoms with Gasteiger partial charge in [-0.25, -0.2) is 0 Å². The van der Waals surface area contributed by atoms with E-state index in [2.05, 4.69) is 6.58 Å². The van der Waals surface area contributed by atoms with Crippen LogP contribution in [0.4, 0.5) is 4.79 Å². The Bertz CT molecular complexity index is 120. The fourth-order valence-corrected chi connectivity index (χ4v) is 0.302. The fraction of sp³-hybridized carbons (Fsp3) is 0.400. The second kappa shape index (κ2) is 2.13. The first kappa shape index (κ1) is 7.43. The molecule has 0 aliphatic rings. The quantitative estimate of drug-likeness (QED) is 0.557. The molecule has 0 aromatic carbocycles. The van der Waals surface area contributed by atoms with Crippen LogP contribution < -0.4 is 5.73 Å². The Morgan fingerprint density at radius 3 is 2.12 bits per heavy atom. The number of amides is 1. The van der Waals surface area contributed by atoms with E-state index in [9.17, 15) is 4.79 Å². The second-order valence-corrected chi connectivity index (χ2v) is 6.63. The molecule has 0 saturated heterocycles. The van der Waals surface area contributed by atoms with Gasteiger partial charge in [-0.2, -0.15) is 0 Å². The van der Waals surface area contributed by atoms with Crippen LogP contribution in [0.2, 0.25) is 13.1 Å². The minimum Gasteiger partial charge on any atom is -0.374 e. The summed E-state index contributed by atoms with van der Waals surface area (Å²) in [6.07, 6.45) is 0. The molecule has 0 aromatic heterocycles. The van der Waals surface area contributed by atoms with E-state index in [4.69, 9.17) is 5.73 Å². The molecule has 0 saturated carbocycles. The van der Waals surface area contributed by atoms with Crippen molar-refractivity contribution < 1.29 is 4.79 Å². The molecule has 0 aliphatic carbocycles. The molecule has 2 nitrogen and oxygen atoms in total. The minimum absolute atomic E-state index is 0.201. The van der Waals surface area contributed by atoms with Crippen molar-refractivity contribution in [3.05, 3.63) is 12.3 Å². The van der Waals surface area contributed by atoms with Crippen molar-refractivity contribution in [2.75, 3.05) is 0 Å². The SMILES string of the molecule is C=C[Si](C)(C)C(N)=O. The van der Waals surface area contributed by atoms with Gasteiger partial charge in [0.2, 0.25) is 0 Å². The smallest absolute Gasteiger partial charge is 0.193 e. The Balaban J connectivity index is 4.12. The highest BCUT2D eigenvalue weighted by molar-refractivity contribution is 7.07. The maximum atomic E-state index is 10.5. The molecule has 8 heavy (non-hydrogen) atoms. The van der Waals surface area contributed by atoms with Gasteiger partial charge in [-0.1, -0.05) is 18.8 Å². The van der Waals surface area contributed by atoms with Crippen molar-refractivity contribution in [1.29, 1.82) is 0 Å². The van der Waals surface area contributed by atoms with Crippen molar-refractivity contribution in [1.82, 2.24) is 0 Å². The van der Waals surface area contributed by atoms with E-state index in [0.717, 1.165) is 0 Å². The van der Waals surface area contributed by atoms with E-state index in [1.807, 2.05) is 13.1 Å². The highest BCUT2D eigenvalue weighted by Crippen LogP contribution is 2.00. The van der Waals surface area contributed by atoms with Crippen LogP contribution in [0.1, 0.15) is 0 Å². The van der Waals surface area contributed by atoms with Gasteiger partial charge in [0, 0.05) is 0 Å². The largest absolute Gasteiger partial charge is 0.374 e. The predicted molar refractivity (Wildman–Crippen MR) is 37.3 cm³/mol. The highest BCUT2D eigenvalue weighted by Gasteiger charge is 2.23. The summed E-state index contributed by atoms with van der Waals surface area (Å²) in [5, 5.41) is 0. The van der Waals surface area contributed by atoms with E-state index < -0.39 is 8.07 Å². The first-order valence-electron chi connectivity index (χ1n) is 2.44. The van der Waals surface area contributed by atoms with Crippen LogP contribution in [-0.2, 0) is 0 Å². The van der Waals surface area contributed by atoms with Crippen molar-refractivity contribution in [2.24, 2.45) is 5.73 Å². The third kappa shape index (κ3) is 1.50. The number of rotatable bonds is 2. The molecule has 0 unspecified atom stereocenters. The monoisotopic (exact) mass is 129 g/mol. The molecule has 0 fully saturated rings. The third-order valence-electron chi connectivity index (χ3n) is 1.15. The van der Waals surface area contributed by atoms with Gasteiger partial charge in [0.05, 0.1) is 0 Å². The van der Waals surface area contributed by atoms with E-state index in [1.54, 1.807) is 5.70 Å². The van der Waals surface area contributed by atoms with E-state index in [1.165, 1.54) is 0 Å². The Morgan fingerprint density at radius 2 is 2.12 bits per heavy atom. The fourth-order valence-electron chi connectivity index (χ4n) is 0.101. The summed E-state index contributed by atoms with van der Waals surface area (Å²) < 4.78 is 0. The van der Waals surface area contributed by atoms with Gasteiger partial charge in [-0.3, -0.25) is 4.79 Å². The molecule has 1 amide bonds. The molecule has 0 spiro atoms. The van der Waals surface area contributed by atoms with Crippen molar-refractivity contribution >= 4 is 13.6 Å². The van der Waals surface area contributed by atoms with E-state index >= 15 is 0 Å². The van der Waals surface area contributed by atoms with Gasteiger partial charge in [-0.15, -0.1) is 6.58 Å². The summed E-state index contributed by atoms with van der Waals surface area (Å²) in [7, 11) is -1.85. The molecule has 0 rings (SSSR count). The lowest BCUT2D eigenvalue weighted by Crippen LogP contribution is -2.39. The molecule has 0 aliphatic heterocycles. The second-order valence-electron chi connectivity index (χ2n) is 2.29. The van der Waals surface area contributed by atoms with Crippen LogP contribution in [0.5, 0.6) is 0 Å². The number of carbonyl (C=O) groups excluding carboxylic acids is 1. The minimum atomic E-state index is -1.85.